The minimum atomic E-state index is -0.147. The Labute approximate surface area is 242 Å². The fourth-order valence-electron chi connectivity index (χ4n) is 5.51. The maximum atomic E-state index is 13.2. The maximum Gasteiger partial charge on any atom is 0.337 e. The quantitative estimate of drug-likeness (QED) is 0.325. The van der Waals surface area contributed by atoms with Gasteiger partial charge in [0.1, 0.15) is 23.9 Å². The number of ether oxygens (including phenoxy) is 2. The lowest BCUT2D eigenvalue weighted by Gasteiger charge is -2.34. The van der Waals surface area contributed by atoms with Gasteiger partial charge < -0.3 is 14.4 Å². The van der Waals surface area contributed by atoms with Gasteiger partial charge in [0.15, 0.2) is 0 Å². The predicted molar refractivity (Wildman–Crippen MR) is 161 cm³/mol. The highest BCUT2D eigenvalue weighted by molar-refractivity contribution is 5.79. The predicted octanol–water partition coefficient (Wildman–Crippen LogP) is 5.20. The smallest absolute Gasteiger partial charge is 0.337 e. The van der Waals surface area contributed by atoms with Crippen molar-refractivity contribution in [2.75, 3.05) is 39.3 Å². The largest absolute Gasteiger partial charge is 0.492 e. The second-order valence-corrected chi connectivity index (χ2v) is 10.5. The van der Waals surface area contributed by atoms with Crippen LogP contribution >= 0.6 is 0 Å². The molecule has 8 heteroatoms. The van der Waals surface area contributed by atoms with Crippen molar-refractivity contribution in [3.05, 3.63) is 95.4 Å². The first kappa shape index (κ1) is 28.5. The summed E-state index contributed by atoms with van der Waals surface area (Å²) >= 11 is 0. The summed E-state index contributed by atoms with van der Waals surface area (Å²) in [5, 5.41) is 0. The van der Waals surface area contributed by atoms with E-state index in [0.29, 0.717) is 6.61 Å². The van der Waals surface area contributed by atoms with Gasteiger partial charge in [0.25, 0.3) is 0 Å². The third-order valence-electron chi connectivity index (χ3n) is 7.84. The Morgan fingerprint density at radius 2 is 1.61 bits per heavy atom. The second kappa shape index (κ2) is 13.5. The van der Waals surface area contributed by atoms with Crippen molar-refractivity contribution in [2.24, 2.45) is 5.92 Å². The molecule has 1 unspecified atom stereocenters. The van der Waals surface area contributed by atoms with Crippen molar-refractivity contribution in [1.29, 1.82) is 0 Å². The van der Waals surface area contributed by atoms with E-state index in [-0.39, 0.29) is 17.5 Å². The number of imidazole rings is 1. The standard InChI is InChI=1S/C33H40N4O4/c1-3-35(4-2)32(38)26-9-8-20-34(25-26)23-24-40-29-16-12-27(13-17-29)36-21-22-37(33(36)39)28-14-18-31(19-15-28)41-30-10-6-5-7-11-30/h5-6,10,12-19,21-22,26H,3-4,7-9,11,20,23-25H2,1-2H3. The van der Waals surface area contributed by atoms with Crippen molar-refractivity contribution in [1.82, 2.24) is 18.9 Å². The molecule has 1 aliphatic heterocycles. The van der Waals surface area contributed by atoms with E-state index in [1.165, 1.54) is 0 Å². The lowest BCUT2D eigenvalue weighted by atomic mass is 9.96. The molecule has 2 aliphatic rings. The first-order valence-corrected chi connectivity index (χ1v) is 14.7. The van der Waals surface area contributed by atoms with E-state index in [1.54, 1.807) is 21.5 Å². The van der Waals surface area contributed by atoms with Crippen molar-refractivity contribution < 1.29 is 14.3 Å². The zero-order valence-electron chi connectivity index (χ0n) is 24.1. The van der Waals surface area contributed by atoms with Crippen LogP contribution in [0.1, 0.15) is 39.5 Å². The summed E-state index contributed by atoms with van der Waals surface area (Å²) in [7, 11) is 0. The Morgan fingerprint density at radius 1 is 0.951 bits per heavy atom. The van der Waals surface area contributed by atoms with Gasteiger partial charge in [0.2, 0.25) is 5.91 Å². The number of aromatic nitrogens is 2. The molecule has 0 spiro atoms. The molecular formula is C33H40N4O4. The Bertz CT molecular complexity index is 1410. The summed E-state index contributed by atoms with van der Waals surface area (Å²) in [5.41, 5.74) is 1.40. The minimum absolute atomic E-state index is 0.0803. The SMILES string of the molecule is CCN(CC)C(=O)C1CCCN(CCOc2ccc(-n3ccn(-c4ccc(OC5=CC=CCC5)cc4)c3=O)cc2)C1. The number of benzene rings is 2. The van der Waals surface area contributed by atoms with Gasteiger partial charge in [0.05, 0.1) is 17.3 Å². The highest BCUT2D eigenvalue weighted by atomic mass is 16.5. The van der Waals surface area contributed by atoms with E-state index in [9.17, 15) is 9.59 Å². The number of carbonyl (C=O) groups excluding carboxylic acids is 1. The highest BCUT2D eigenvalue weighted by Crippen LogP contribution is 2.22. The van der Waals surface area contributed by atoms with Crippen LogP contribution in [0, 0.1) is 5.92 Å². The minimum Gasteiger partial charge on any atom is -0.492 e. The van der Waals surface area contributed by atoms with Crippen LogP contribution in [0.3, 0.4) is 0 Å². The molecular weight excluding hydrogens is 516 g/mol. The number of nitrogens with zero attached hydrogens (tertiary/aromatic N) is 4. The summed E-state index contributed by atoms with van der Waals surface area (Å²) in [4.78, 5) is 30.2. The summed E-state index contributed by atoms with van der Waals surface area (Å²) in [6, 6.07) is 15.1. The molecule has 2 heterocycles. The molecule has 216 valence electrons. The topological polar surface area (TPSA) is 68.9 Å². The fourth-order valence-corrected chi connectivity index (χ4v) is 5.51. The Kier molecular flexibility index (Phi) is 9.41. The van der Waals surface area contributed by atoms with Crippen molar-refractivity contribution >= 4 is 5.91 Å². The van der Waals surface area contributed by atoms with Crippen LogP contribution in [0.25, 0.3) is 11.4 Å². The number of allylic oxidation sites excluding steroid dienone is 4. The van der Waals surface area contributed by atoms with Gasteiger partial charge in [0, 0.05) is 45.0 Å². The molecule has 1 aliphatic carbocycles. The van der Waals surface area contributed by atoms with E-state index in [2.05, 4.69) is 11.0 Å². The molecule has 41 heavy (non-hydrogen) atoms. The molecule has 0 saturated carbocycles. The average Bonchev–Trinajstić information content (AvgIpc) is 3.40. The van der Waals surface area contributed by atoms with E-state index in [1.807, 2.05) is 79.4 Å². The highest BCUT2D eigenvalue weighted by Gasteiger charge is 2.28. The Hall–Kier alpha value is -4.04. The summed E-state index contributed by atoms with van der Waals surface area (Å²) in [6.07, 6.45) is 13.5. The van der Waals surface area contributed by atoms with Gasteiger partial charge in [-0.25, -0.2) is 4.79 Å². The number of hydrogen-bond acceptors (Lipinski definition) is 5. The molecule has 1 amide bonds. The van der Waals surface area contributed by atoms with Gasteiger partial charge >= 0.3 is 5.69 Å². The zero-order valence-corrected chi connectivity index (χ0v) is 24.1. The van der Waals surface area contributed by atoms with E-state index < -0.39 is 0 Å². The molecule has 3 aromatic rings. The molecule has 2 aromatic carbocycles. The number of rotatable bonds is 11. The first-order chi connectivity index (χ1) is 20.1. The number of hydrogen-bond donors (Lipinski definition) is 0. The van der Waals surface area contributed by atoms with Gasteiger partial charge in [-0.3, -0.25) is 18.8 Å². The molecule has 8 nitrogen and oxygen atoms in total. The van der Waals surface area contributed by atoms with Gasteiger partial charge in [-0.15, -0.1) is 0 Å². The van der Waals surface area contributed by atoms with E-state index in [4.69, 9.17) is 9.47 Å². The normalized spacial score (nSPS) is 17.2. The third kappa shape index (κ3) is 7.00. The number of likely N-dealkylation sites (tertiary alicyclic amines) is 1. The van der Waals surface area contributed by atoms with Crippen LogP contribution in [0.15, 0.2) is 89.7 Å². The average molecular weight is 557 g/mol. The summed E-state index contributed by atoms with van der Waals surface area (Å²) in [5.74, 6) is 2.81. The number of carbonyl (C=O) groups is 1. The lowest BCUT2D eigenvalue weighted by Crippen LogP contribution is -2.45. The van der Waals surface area contributed by atoms with E-state index in [0.717, 1.165) is 87.0 Å². The Morgan fingerprint density at radius 3 is 2.22 bits per heavy atom. The fraction of sp³-hybridized carbons (Fsp3) is 0.394. The van der Waals surface area contributed by atoms with Crippen LogP contribution in [0.4, 0.5) is 0 Å². The van der Waals surface area contributed by atoms with Crippen LogP contribution in [-0.4, -0.2) is 64.2 Å². The van der Waals surface area contributed by atoms with Crippen LogP contribution < -0.4 is 15.2 Å². The molecule has 5 rings (SSSR count). The van der Waals surface area contributed by atoms with Gasteiger partial charge in [-0.05, 0) is 94.3 Å². The number of amides is 1. The summed E-state index contributed by atoms with van der Waals surface area (Å²) < 4.78 is 15.2. The number of piperidine rings is 1. The zero-order chi connectivity index (χ0) is 28.6. The van der Waals surface area contributed by atoms with E-state index >= 15 is 0 Å². The monoisotopic (exact) mass is 556 g/mol. The molecule has 1 saturated heterocycles. The van der Waals surface area contributed by atoms with Gasteiger partial charge in [-0.1, -0.05) is 12.2 Å². The Balaban J connectivity index is 1.14. The molecule has 0 bridgehead atoms. The van der Waals surface area contributed by atoms with Crippen LogP contribution in [-0.2, 0) is 4.79 Å². The molecule has 1 atom stereocenters. The van der Waals surface area contributed by atoms with Crippen LogP contribution in [0.5, 0.6) is 11.5 Å². The van der Waals surface area contributed by atoms with Crippen molar-refractivity contribution in [3.63, 3.8) is 0 Å². The molecule has 0 N–H and O–H groups in total. The van der Waals surface area contributed by atoms with Crippen LogP contribution in [0.2, 0.25) is 0 Å². The van der Waals surface area contributed by atoms with Crippen molar-refractivity contribution in [3.8, 4) is 22.9 Å². The maximum absolute atomic E-state index is 13.2. The molecule has 1 aromatic heterocycles. The first-order valence-electron chi connectivity index (χ1n) is 14.7. The summed E-state index contributed by atoms with van der Waals surface area (Å²) in [6.45, 7) is 8.73. The third-order valence-corrected chi connectivity index (χ3v) is 7.84. The molecule has 0 radical (unpaired) electrons. The lowest BCUT2D eigenvalue weighted by molar-refractivity contribution is -0.137. The van der Waals surface area contributed by atoms with Crippen molar-refractivity contribution in [2.45, 2.75) is 39.5 Å². The second-order valence-electron chi connectivity index (χ2n) is 10.5. The molecule has 1 fully saturated rings. The van der Waals surface area contributed by atoms with Gasteiger partial charge in [-0.2, -0.15) is 0 Å².